The van der Waals surface area contributed by atoms with E-state index >= 15 is 0 Å². The van der Waals surface area contributed by atoms with Crippen molar-refractivity contribution in [2.24, 2.45) is 11.5 Å². The van der Waals surface area contributed by atoms with Crippen LogP contribution in [-0.2, 0) is 11.3 Å². The fourth-order valence-electron chi connectivity index (χ4n) is 1.26. The quantitative estimate of drug-likeness (QED) is 0.696. The summed E-state index contributed by atoms with van der Waals surface area (Å²) in [6.07, 6.45) is 1.85. The molecule has 4 N–H and O–H groups in total. The summed E-state index contributed by atoms with van der Waals surface area (Å²) in [6, 6.07) is 0. The Bertz CT molecular complexity index is 354. The second kappa shape index (κ2) is 3.42. The van der Waals surface area contributed by atoms with Gasteiger partial charge in [0.25, 0.3) is 0 Å². The Hall–Kier alpha value is -1.36. The van der Waals surface area contributed by atoms with Crippen LogP contribution in [0.5, 0.6) is 0 Å². The number of aryl methyl sites for hydroxylation is 2. The maximum atomic E-state index is 11.0. The van der Waals surface area contributed by atoms with Gasteiger partial charge >= 0.3 is 0 Å². The Kier molecular flexibility index (Phi) is 2.62. The van der Waals surface area contributed by atoms with Gasteiger partial charge in [-0.2, -0.15) is 0 Å². The molecular weight excluding hydrogens is 180 g/mol. The topological polar surface area (TPSA) is 86.9 Å². The zero-order valence-corrected chi connectivity index (χ0v) is 8.74. The van der Waals surface area contributed by atoms with Crippen LogP contribution in [0, 0.1) is 13.8 Å². The van der Waals surface area contributed by atoms with Crippen LogP contribution >= 0.6 is 0 Å². The molecule has 1 unspecified atom stereocenters. The fraction of sp³-hybridized carbons (Fsp3) is 0.556. The Balaban J connectivity index is 2.88. The summed E-state index contributed by atoms with van der Waals surface area (Å²) in [5, 5.41) is 0. The van der Waals surface area contributed by atoms with E-state index < -0.39 is 11.4 Å². The number of carbonyl (C=O) groups excluding carboxylic acids is 1. The number of primary amides is 1. The van der Waals surface area contributed by atoms with E-state index in [2.05, 4.69) is 4.98 Å². The summed E-state index contributed by atoms with van der Waals surface area (Å²) in [7, 11) is 0. The molecule has 1 amide bonds. The molecule has 0 fully saturated rings. The molecule has 1 aromatic heterocycles. The first-order valence-corrected chi connectivity index (χ1v) is 4.42. The molecule has 0 aliphatic carbocycles. The predicted molar refractivity (Wildman–Crippen MR) is 53.5 cm³/mol. The van der Waals surface area contributed by atoms with Crippen molar-refractivity contribution in [3.63, 3.8) is 0 Å². The summed E-state index contributed by atoms with van der Waals surface area (Å²) in [4.78, 5) is 15.2. The van der Waals surface area contributed by atoms with E-state index in [4.69, 9.17) is 11.5 Å². The van der Waals surface area contributed by atoms with Crippen molar-refractivity contribution < 1.29 is 4.79 Å². The fourth-order valence-corrected chi connectivity index (χ4v) is 1.26. The minimum absolute atomic E-state index is 0.356. The lowest BCUT2D eigenvalue weighted by Gasteiger charge is -2.21. The third-order valence-electron chi connectivity index (χ3n) is 2.16. The first-order valence-electron chi connectivity index (χ1n) is 4.42. The Morgan fingerprint density at radius 3 is 2.57 bits per heavy atom. The summed E-state index contributed by atoms with van der Waals surface area (Å²) in [6.45, 7) is 5.73. The number of nitrogens with zero attached hydrogens (tertiary/aromatic N) is 2. The molecule has 1 heterocycles. The maximum absolute atomic E-state index is 11.0. The highest BCUT2D eigenvalue weighted by Gasteiger charge is 2.26. The number of nitrogens with two attached hydrogens (primary N) is 2. The van der Waals surface area contributed by atoms with Crippen LogP contribution in [0.4, 0.5) is 0 Å². The predicted octanol–water partition coefficient (Wildman–Crippen LogP) is -0.297. The number of hydrogen-bond acceptors (Lipinski definition) is 3. The van der Waals surface area contributed by atoms with Crippen LogP contribution in [0.25, 0.3) is 0 Å². The van der Waals surface area contributed by atoms with Gasteiger partial charge in [-0.3, -0.25) is 4.79 Å². The van der Waals surface area contributed by atoms with E-state index in [1.165, 1.54) is 0 Å². The Labute approximate surface area is 83.1 Å². The van der Waals surface area contributed by atoms with E-state index in [-0.39, 0.29) is 0 Å². The average Bonchev–Trinajstić information content (AvgIpc) is 2.29. The molecule has 0 aliphatic rings. The number of rotatable bonds is 3. The molecule has 1 rings (SSSR count). The van der Waals surface area contributed by atoms with Crippen LogP contribution in [0.2, 0.25) is 0 Å². The van der Waals surface area contributed by atoms with Gasteiger partial charge in [0, 0.05) is 6.20 Å². The molecule has 0 saturated heterocycles. The van der Waals surface area contributed by atoms with Crippen LogP contribution in [-0.4, -0.2) is 21.0 Å². The Morgan fingerprint density at radius 1 is 1.64 bits per heavy atom. The first-order chi connectivity index (χ1) is 6.33. The second-order valence-electron chi connectivity index (χ2n) is 3.84. The van der Waals surface area contributed by atoms with Gasteiger partial charge in [0.05, 0.1) is 12.2 Å². The van der Waals surface area contributed by atoms with Gasteiger partial charge in [-0.1, -0.05) is 0 Å². The zero-order valence-electron chi connectivity index (χ0n) is 8.74. The number of imidazole rings is 1. The molecule has 0 radical (unpaired) electrons. The number of amides is 1. The highest BCUT2D eigenvalue weighted by Crippen LogP contribution is 2.07. The first kappa shape index (κ1) is 10.7. The number of carbonyl (C=O) groups is 1. The molecule has 0 bridgehead atoms. The smallest absolute Gasteiger partial charge is 0.239 e. The van der Waals surface area contributed by atoms with E-state index in [1.54, 1.807) is 6.92 Å². The van der Waals surface area contributed by atoms with Crippen molar-refractivity contribution >= 4 is 5.91 Å². The van der Waals surface area contributed by atoms with Crippen LogP contribution < -0.4 is 11.5 Å². The lowest BCUT2D eigenvalue weighted by molar-refractivity contribution is -0.123. The normalized spacial score (nSPS) is 15.1. The molecule has 5 heteroatoms. The highest BCUT2D eigenvalue weighted by atomic mass is 16.1. The van der Waals surface area contributed by atoms with Gasteiger partial charge in [-0.05, 0) is 20.8 Å². The van der Waals surface area contributed by atoms with Crippen LogP contribution in [0.15, 0.2) is 6.20 Å². The third-order valence-corrected chi connectivity index (χ3v) is 2.16. The van der Waals surface area contributed by atoms with Gasteiger partial charge in [0.2, 0.25) is 5.91 Å². The summed E-state index contributed by atoms with van der Waals surface area (Å²) in [5.74, 6) is 0.323. The van der Waals surface area contributed by atoms with Crippen molar-refractivity contribution in [2.45, 2.75) is 32.9 Å². The van der Waals surface area contributed by atoms with E-state index in [0.29, 0.717) is 6.54 Å². The SMILES string of the molecule is Cc1cn(CC(C)(N)C(N)=O)c(C)n1. The van der Waals surface area contributed by atoms with Gasteiger partial charge in [-0.25, -0.2) is 4.98 Å². The average molecular weight is 196 g/mol. The maximum Gasteiger partial charge on any atom is 0.239 e. The molecule has 1 aromatic rings. The minimum atomic E-state index is -1.03. The molecule has 14 heavy (non-hydrogen) atoms. The van der Waals surface area contributed by atoms with Crippen molar-refractivity contribution in [3.05, 3.63) is 17.7 Å². The number of hydrogen-bond donors (Lipinski definition) is 2. The lowest BCUT2D eigenvalue weighted by Crippen LogP contribution is -2.52. The summed E-state index contributed by atoms with van der Waals surface area (Å²) >= 11 is 0. The molecule has 0 aliphatic heterocycles. The third kappa shape index (κ3) is 2.11. The monoisotopic (exact) mass is 196 g/mol. The van der Waals surface area contributed by atoms with Gasteiger partial charge in [0.1, 0.15) is 11.4 Å². The van der Waals surface area contributed by atoms with Crippen molar-refractivity contribution in [1.29, 1.82) is 0 Å². The Morgan fingerprint density at radius 2 is 2.21 bits per heavy atom. The zero-order chi connectivity index (χ0) is 10.9. The van der Waals surface area contributed by atoms with Crippen molar-refractivity contribution in [2.75, 3.05) is 0 Å². The molecule has 78 valence electrons. The molecular formula is C9H16N4O. The molecule has 5 nitrogen and oxygen atoms in total. The van der Waals surface area contributed by atoms with Gasteiger partial charge in [-0.15, -0.1) is 0 Å². The van der Waals surface area contributed by atoms with Gasteiger partial charge < -0.3 is 16.0 Å². The minimum Gasteiger partial charge on any atom is -0.368 e. The summed E-state index contributed by atoms with van der Waals surface area (Å²) < 4.78 is 1.83. The van der Waals surface area contributed by atoms with Gasteiger partial charge in [0.15, 0.2) is 0 Å². The largest absolute Gasteiger partial charge is 0.368 e. The molecule has 0 saturated carbocycles. The van der Waals surface area contributed by atoms with E-state index in [9.17, 15) is 4.79 Å². The van der Waals surface area contributed by atoms with E-state index in [0.717, 1.165) is 11.5 Å². The molecule has 1 atom stereocenters. The highest BCUT2D eigenvalue weighted by molar-refractivity contribution is 5.83. The molecule has 0 aromatic carbocycles. The van der Waals surface area contributed by atoms with Crippen molar-refractivity contribution in [1.82, 2.24) is 9.55 Å². The standard InChI is InChI=1S/C9H16N4O/c1-6-4-13(7(2)12-6)5-9(3,11)8(10)14/h4H,5,11H2,1-3H3,(H2,10,14). The van der Waals surface area contributed by atoms with Crippen LogP contribution in [0.3, 0.4) is 0 Å². The number of aromatic nitrogens is 2. The molecule has 0 spiro atoms. The summed E-state index contributed by atoms with van der Waals surface area (Å²) in [5.41, 5.74) is 10.8. The van der Waals surface area contributed by atoms with Crippen LogP contribution in [0.1, 0.15) is 18.4 Å². The van der Waals surface area contributed by atoms with Crippen molar-refractivity contribution in [3.8, 4) is 0 Å². The second-order valence-corrected chi connectivity index (χ2v) is 3.84. The lowest BCUT2D eigenvalue weighted by atomic mass is 10.0. The van der Waals surface area contributed by atoms with E-state index in [1.807, 2.05) is 24.6 Å².